The standard InChI is InChI=1S/C20H37N5O9/c21-17(26)13-22-1-2-23(14-18(27)28)6-11-34-12-8-25(16-20(31)32)4-3-24(15-19(29)30)7-10-33-9-5-22/h1-16H2,(H2,21,26)(H,27,28)(H,29,30)(H,31,32). The summed E-state index contributed by atoms with van der Waals surface area (Å²) in [6.07, 6.45) is 0. The zero-order valence-electron chi connectivity index (χ0n) is 19.5. The van der Waals surface area contributed by atoms with Crippen LogP contribution in [0, 0.1) is 0 Å². The molecule has 1 fully saturated rings. The van der Waals surface area contributed by atoms with E-state index in [1.807, 2.05) is 0 Å². The van der Waals surface area contributed by atoms with Gasteiger partial charge in [-0.15, -0.1) is 0 Å². The average molecular weight is 492 g/mol. The third kappa shape index (κ3) is 15.5. The van der Waals surface area contributed by atoms with E-state index in [-0.39, 0.29) is 52.6 Å². The molecule has 1 heterocycles. The van der Waals surface area contributed by atoms with Crippen LogP contribution in [0.4, 0.5) is 0 Å². The fourth-order valence-electron chi connectivity index (χ4n) is 3.42. The van der Waals surface area contributed by atoms with Gasteiger partial charge in [0.2, 0.25) is 5.91 Å². The Morgan fingerprint density at radius 3 is 1.03 bits per heavy atom. The monoisotopic (exact) mass is 491 g/mol. The molecule has 0 aromatic carbocycles. The van der Waals surface area contributed by atoms with Gasteiger partial charge >= 0.3 is 17.9 Å². The van der Waals surface area contributed by atoms with Crippen LogP contribution in [0.25, 0.3) is 0 Å². The van der Waals surface area contributed by atoms with Gasteiger partial charge in [0.1, 0.15) is 0 Å². The quantitative estimate of drug-likeness (QED) is 0.269. The molecule has 0 aliphatic carbocycles. The molecule has 0 saturated carbocycles. The molecular formula is C20H37N5O9. The number of hydrogen-bond donors (Lipinski definition) is 4. The minimum atomic E-state index is -0.997. The third-order valence-corrected chi connectivity index (χ3v) is 5.13. The molecule has 14 nitrogen and oxygen atoms in total. The van der Waals surface area contributed by atoms with E-state index in [0.717, 1.165) is 0 Å². The van der Waals surface area contributed by atoms with Crippen molar-refractivity contribution in [2.75, 3.05) is 105 Å². The van der Waals surface area contributed by atoms with Gasteiger partial charge in [-0.05, 0) is 0 Å². The van der Waals surface area contributed by atoms with E-state index in [1.54, 1.807) is 19.6 Å². The lowest BCUT2D eigenvalue weighted by Crippen LogP contribution is -2.44. The van der Waals surface area contributed by atoms with E-state index in [9.17, 15) is 24.3 Å². The largest absolute Gasteiger partial charge is 0.480 e. The Hall–Kier alpha value is -2.36. The topological polar surface area (TPSA) is 186 Å². The predicted molar refractivity (Wildman–Crippen MR) is 119 cm³/mol. The van der Waals surface area contributed by atoms with Crippen LogP contribution in [-0.2, 0) is 28.7 Å². The summed E-state index contributed by atoms with van der Waals surface area (Å²) >= 11 is 0. The van der Waals surface area contributed by atoms with Crippen molar-refractivity contribution in [1.29, 1.82) is 0 Å². The molecule has 0 radical (unpaired) electrons. The SMILES string of the molecule is NC(=O)CN1CCOCCN(CC(=O)O)CCN(CC(=O)O)CCOCCN(CC(=O)O)CC1. The molecule has 14 heteroatoms. The summed E-state index contributed by atoms with van der Waals surface area (Å²) < 4.78 is 11.2. The van der Waals surface area contributed by atoms with Crippen LogP contribution in [0.5, 0.6) is 0 Å². The van der Waals surface area contributed by atoms with Gasteiger partial charge < -0.3 is 30.5 Å². The molecule has 1 aliphatic heterocycles. The fraction of sp³-hybridized carbons (Fsp3) is 0.800. The first kappa shape index (κ1) is 29.7. The van der Waals surface area contributed by atoms with Gasteiger partial charge in [-0.2, -0.15) is 0 Å². The number of carbonyl (C=O) groups excluding carboxylic acids is 1. The van der Waals surface area contributed by atoms with Crippen molar-refractivity contribution in [2.45, 2.75) is 0 Å². The highest BCUT2D eigenvalue weighted by molar-refractivity contribution is 5.75. The number of amides is 1. The van der Waals surface area contributed by atoms with Gasteiger partial charge in [0.25, 0.3) is 0 Å². The highest BCUT2D eigenvalue weighted by Gasteiger charge is 2.17. The second kappa shape index (κ2) is 17.1. The number of carboxylic acid groups (broad SMARTS) is 3. The van der Waals surface area contributed by atoms with Crippen LogP contribution in [-0.4, -0.2) is 164 Å². The number of ether oxygens (including phenoxy) is 2. The molecular weight excluding hydrogens is 454 g/mol. The lowest BCUT2D eigenvalue weighted by atomic mass is 10.3. The number of rotatable bonds is 8. The summed E-state index contributed by atoms with van der Waals surface area (Å²) in [6.45, 7) is 3.29. The van der Waals surface area contributed by atoms with Crippen LogP contribution in [0.3, 0.4) is 0 Å². The predicted octanol–water partition coefficient (Wildman–Crippen LogP) is -3.02. The molecule has 0 aromatic rings. The van der Waals surface area contributed by atoms with Gasteiger partial charge in [-0.25, -0.2) is 0 Å². The van der Waals surface area contributed by atoms with Crippen molar-refractivity contribution in [3.63, 3.8) is 0 Å². The number of nitrogens with zero attached hydrogens (tertiary/aromatic N) is 4. The van der Waals surface area contributed by atoms with Gasteiger partial charge in [0.15, 0.2) is 0 Å². The minimum Gasteiger partial charge on any atom is -0.480 e. The van der Waals surface area contributed by atoms with Crippen LogP contribution in [0.1, 0.15) is 0 Å². The van der Waals surface area contributed by atoms with Gasteiger partial charge in [0.05, 0.1) is 52.6 Å². The number of aliphatic carboxylic acids is 3. The number of carbonyl (C=O) groups is 4. The molecule has 0 spiro atoms. The Kier molecular flexibility index (Phi) is 14.9. The maximum absolute atomic E-state index is 11.4. The van der Waals surface area contributed by atoms with Crippen LogP contribution in [0.15, 0.2) is 0 Å². The summed E-state index contributed by atoms with van der Waals surface area (Å²) in [7, 11) is 0. The molecule has 1 rings (SSSR count). The first-order valence-electron chi connectivity index (χ1n) is 11.1. The number of hydrogen-bond acceptors (Lipinski definition) is 10. The molecule has 34 heavy (non-hydrogen) atoms. The second-order valence-electron chi connectivity index (χ2n) is 7.98. The number of primary amides is 1. The van der Waals surface area contributed by atoms with E-state index < -0.39 is 23.8 Å². The van der Waals surface area contributed by atoms with Crippen LogP contribution >= 0.6 is 0 Å². The van der Waals surface area contributed by atoms with Crippen LogP contribution in [0.2, 0.25) is 0 Å². The first-order chi connectivity index (χ1) is 16.2. The zero-order chi connectivity index (χ0) is 25.3. The Morgan fingerprint density at radius 1 is 0.529 bits per heavy atom. The van der Waals surface area contributed by atoms with Crippen molar-refractivity contribution in [3.05, 3.63) is 0 Å². The van der Waals surface area contributed by atoms with Gasteiger partial charge in [-0.1, -0.05) is 0 Å². The van der Waals surface area contributed by atoms with E-state index in [1.165, 1.54) is 0 Å². The highest BCUT2D eigenvalue weighted by atomic mass is 16.5. The fourth-order valence-corrected chi connectivity index (χ4v) is 3.42. The summed E-state index contributed by atoms with van der Waals surface area (Å²) in [5.74, 6) is -3.48. The minimum absolute atomic E-state index is 0.00528. The van der Waals surface area contributed by atoms with Gasteiger partial charge in [0, 0.05) is 52.4 Å². The number of nitrogens with two attached hydrogens (primary N) is 1. The summed E-state index contributed by atoms with van der Waals surface area (Å²) in [5, 5.41) is 27.5. The lowest BCUT2D eigenvalue weighted by molar-refractivity contribution is -0.140. The van der Waals surface area contributed by atoms with Crippen molar-refractivity contribution >= 4 is 23.8 Å². The van der Waals surface area contributed by atoms with Crippen molar-refractivity contribution in [1.82, 2.24) is 19.6 Å². The first-order valence-corrected chi connectivity index (χ1v) is 11.1. The normalized spacial score (nSPS) is 20.2. The van der Waals surface area contributed by atoms with Crippen LogP contribution < -0.4 is 5.73 Å². The molecule has 196 valence electrons. The number of carboxylic acids is 3. The van der Waals surface area contributed by atoms with Crippen molar-refractivity contribution in [3.8, 4) is 0 Å². The molecule has 1 aliphatic rings. The molecule has 1 amide bonds. The molecule has 0 unspecified atom stereocenters. The zero-order valence-corrected chi connectivity index (χ0v) is 19.5. The summed E-state index contributed by atoms with van der Waals surface area (Å²) in [6, 6.07) is 0. The Balaban J connectivity index is 2.82. The van der Waals surface area contributed by atoms with E-state index in [4.69, 9.17) is 25.4 Å². The summed E-state index contributed by atoms with van der Waals surface area (Å²) in [5.41, 5.74) is 5.32. The maximum atomic E-state index is 11.4. The lowest BCUT2D eigenvalue weighted by Gasteiger charge is -2.28. The maximum Gasteiger partial charge on any atom is 0.317 e. The van der Waals surface area contributed by atoms with Crippen molar-refractivity contribution < 1.29 is 44.0 Å². The second-order valence-corrected chi connectivity index (χ2v) is 7.98. The van der Waals surface area contributed by atoms with E-state index >= 15 is 0 Å². The Morgan fingerprint density at radius 2 is 0.794 bits per heavy atom. The molecule has 0 bridgehead atoms. The van der Waals surface area contributed by atoms with E-state index in [0.29, 0.717) is 52.4 Å². The van der Waals surface area contributed by atoms with Gasteiger partial charge in [-0.3, -0.25) is 38.8 Å². The highest BCUT2D eigenvalue weighted by Crippen LogP contribution is 1.98. The molecule has 1 saturated heterocycles. The van der Waals surface area contributed by atoms with Crippen molar-refractivity contribution in [2.24, 2.45) is 5.73 Å². The molecule has 0 aromatic heterocycles. The Labute approximate surface area is 198 Å². The summed E-state index contributed by atoms with van der Waals surface area (Å²) in [4.78, 5) is 51.8. The smallest absolute Gasteiger partial charge is 0.317 e. The average Bonchev–Trinajstić information content (AvgIpc) is 2.72. The molecule has 0 atom stereocenters. The Bertz CT molecular complexity index is 546. The molecule has 5 N–H and O–H groups in total. The third-order valence-electron chi connectivity index (χ3n) is 5.13. The van der Waals surface area contributed by atoms with E-state index in [2.05, 4.69) is 0 Å².